The Balaban J connectivity index is 2.09. The Morgan fingerprint density at radius 2 is 2.29 bits per heavy atom. The van der Waals surface area contributed by atoms with Gasteiger partial charge in [-0.05, 0) is 61.4 Å². The average Bonchev–Trinajstić information content (AvgIpc) is 3.08. The van der Waals surface area contributed by atoms with Gasteiger partial charge in [0.1, 0.15) is 0 Å². The Labute approximate surface area is 141 Å². The fraction of sp³-hybridized carbons (Fsp3) is 0.750. The topological polar surface area (TPSA) is 32.5 Å². The summed E-state index contributed by atoms with van der Waals surface area (Å²) < 4.78 is 1.17. The number of thiophene rings is 1. The van der Waals surface area contributed by atoms with E-state index in [9.17, 15) is 0 Å². The normalized spacial score (nSPS) is 22.9. The highest BCUT2D eigenvalue weighted by Crippen LogP contribution is 2.32. The lowest BCUT2D eigenvalue weighted by Gasteiger charge is -2.35. The number of nitrogens with zero attached hydrogens (tertiary/aromatic N) is 2. The molecular weight excluding hydrogens is 346 g/mol. The van der Waals surface area contributed by atoms with E-state index in [0.717, 1.165) is 19.5 Å². The molecule has 21 heavy (non-hydrogen) atoms. The largest absolute Gasteiger partial charge is 0.326 e. The molecule has 0 spiro atoms. The van der Waals surface area contributed by atoms with E-state index in [1.165, 1.54) is 28.7 Å². The molecule has 2 N–H and O–H groups in total. The van der Waals surface area contributed by atoms with Crippen LogP contribution in [0.3, 0.4) is 0 Å². The Bertz CT molecular complexity index is 437. The molecule has 1 aromatic heterocycles. The van der Waals surface area contributed by atoms with E-state index < -0.39 is 0 Å². The van der Waals surface area contributed by atoms with Crippen molar-refractivity contribution in [3.05, 3.63) is 20.8 Å². The first-order chi connectivity index (χ1) is 10.1. The summed E-state index contributed by atoms with van der Waals surface area (Å²) in [7, 11) is 2.24. The summed E-state index contributed by atoms with van der Waals surface area (Å²) in [4.78, 5) is 6.46. The van der Waals surface area contributed by atoms with Crippen LogP contribution in [0.2, 0.25) is 0 Å². The molecule has 0 radical (unpaired) electrons. The fourth-order valence-electron chi connectivity index (χ4n) is 3.43. The third-order valence-corrected chi connectivity index (χ3v) is 6.40. The van der Waals surface area contributed by atoms with Gasteiger partial charge in [0.25, 0.3) is 0 Å². The maximum absolute atomic E-state index is 6.44. The van der Waals surface area contributed by atoms with Crippen LogP contribution in [0.5, 0.6) is 0 Å². The minimum absolute atomic E-state index is 0.192. The molecular formula is C16H28BrN3S. The van der Waals surface area contributed by atoms with E-state index in [0.29, 0.717) is 12.1 Å². The summed E-state index contributed by atoms with van der Waals surface area (Å²) in [5.41, 5.74) is 6.44. The molecule has 3 atom stereocenters. The zero-order chi connectivity index (χ0) is 15.4. The van der Waals surface area contributed by atoms with Crippen LogP contribution in [0.15, 0.2) is 15.9 Å². The van der Waals surface area contributed by atoms with Gasteiger partial charge in [0.05, 0.1) is 6.04 Å². The lowest BCUT2D eigenvalue weighted by molar-refractivity contribution is 0.149. The first-order valence-corrected chi connectivity index (χ1v) is 9.67. The number of halogens is 1. The van der Waals surface area contributed by atoms with Crippen molar-refractivity contribution < 1.29 is 0 Å². The van der Waals surface area contributed by atoms with E-state index in [1.54, 1.807) is 0 Å². The van der Waals surface area contributed by atoms with Crippen LogP contribution >= 0.6 is 27.3 Å². The molecule has 0 aromatic carbocycles. The molecule has 0 saturated carbocycles. The van der Waals surface area contributed by atoms with Gasteiger partial charge in [0, 0.05) is 33.4 Å². The zero-order valence-electron chi connectivity index (χ0n) is 13.4. The van der Waals surface area contributed by atoms with Gasteiger partial charge in [-0.2, -0.15) is 0 Å². The molecule has 1 fully saturated rings. The summed E-state index contributed by atoms with van der Waals surface area (Å²) in [5, 5.41) is 2.16. The predicted octanol–water partition coefficient (Wildman–Crippen LogP) is 3.71. The highest BCUT2D eigenvalue weighted by atomic mass is 79.9. The SMILES string of the molecule is CCC(N)C(c1cc(Br)cs1)N(C)CC1CCCN1CC. The quantitative estimate of drug-likeness (QED) is 0.790. The minimum Gasteiger partial charge on any atom is -0.326 e. The van der Waals surface area contributed by atoms with Crippen molar-refractivity contribution >= 4 is 27.3 Å². The number of nitrogens with two attached hydrogens (primary N) is 1. The van der Waals surface area contributed by atoms with E-state index in [1.807, 2.05) is 11.3 Å². The van der Waals surface area contributed by atoms with Gasteiger partial charge in [0.15, 0.2) is 0 Å². The standard InChI is InChI=1S/C16H28BrN3S/c1-4-14(18)16(15-9-12(17)11-21-15)19(3)10-13-7-6-8-20(13)5-2/h9,11,13-14,16H,4-8,10,18H2,1-3H3. The van der Waals surface area contributed by atoms with E-state index in [-0.39, 0.29) is 6.04 Å². The minimum atomic E-state index is 0.192. The Morgan fingerprint density at radius 1 is 1.52 bits per heavy atom. The van der Waals surface area contributed by atoms with Crippen LogP contribution in [-0.4, -0.2) is 48.6 Å². The first-order valence-electron chi connectivity index (χ1n) is 8.00. The summed E-state index contributed by atoms with van der Waals surface area (Å²) in [5.74, 6) is 0. The summed E-state index contributed by atoms with van der Waals surface area (Å²) in [6, 6.07) is 3.44. The molecule has 1 saturated heterocycles. The van der Waals surface area contributed by atoms with E-state index >= 15 is 0 Å². The molecule has 0 bridgehead atoms. The van der Waals surface area contributed by atoms with E-state index in [2.05, 4.69) is 58.1 Å². The second kappa shape index (κ2) is 8.06. The molecule has 3 nitrogen and oxygen atoms in total. The third-order valence-electron chi connectivity index (χ3n) is 4.64. The number of likely N-dealkylation sites (tertiary alicyclic amines) is 1. The van der Waals surface area contributed by atoms with Crippen molar-refractivity contribution in [2.45, 2.75) is 51.2 Å². The number of rotatable bonds is 7. The molecule has 2 heterocycles. The van der Waals surface area contributed by atoms with Gasteiger partial charge < -0.3 is 5.73 Å². The lowest BCUT2D eigenvalue weighted by Crippen LogP contribution is -2.44. The number of hydrogen-bond acceptors (Lipinski definition) is 4. The molecule has 120 valence electrons. The van der Waals surface area contributed by atoms with E-state index in [4.69, 9.17) is 5.73 Å². The molecule has 1 aliphatic rings. The monoisotopic (exact) mass is 373 g/mol. The third kappa shape index (κ3) is 4.29. The van der Waals surface area contributed by atoms with Crippen molar-refractivity contribution in [2.75, 3.05) is 26.7 Å². The predicted molar refractivity (Wildman–Crippen MR) is 95.9 cm³/mol. The zero-order valence-corrected chi connectivity index (χ0v) is 15.8. The van der Waals surface area contributed by atoms with Crippen LogP contribution in [0.25, 0.3) is 0 Å². The second-order valence-corrected chi connectivity index (χ2v) is 7.91. The molecule has 5 heteroatoms. The van der Waals surface area contributed by atoms with Crippen LogP contribution in [0, 0.1) is 0 Å². The summed E-state index contributed by atoms with van der Waals surface area (Å²) in [6.07, 6.45) is 3.66. The Morgan fingerprint density at radius 3 is 2.86 bits per heavy atom. The van der Waals surface area contributed by atoms with Crippen molar-refractivity contribution in [1.29, 1.82) is 0 Å². The van der Waals surface area contributed by atoms with Crippen molar-refractivity contribution in [2.24, 2.45) is 5.73 Å². The van der Waals surface area contributed by atoms with Crippen LogP contribution in [0.4, 0.5) is 0 Å². The highest BCUT2D eigenvalue weighted by molar-refractivity contribution is 9.10. The van der Waals surface area contributed by atoms with Crippen molar-refractivity contribution in [3.63, 3.8) is 0 Å². The molecule has 0 aliphatic carbocycles. The van der Waals surface area contributed by atoms with Crippen LogP contribution in [-0.2, 0) is 0 Å². The summed E-state index contributed by atoms with van der Waals surface area (Å²) >= 11 is 5.38. The maximum Gasteiger partial charge on any atom is 0.0591 e. The van der Waals surface area contributed by atoms with Crippen LogP contribution < -0.4 is 5.73 Å². The molecule has 1 aliphatic heterocycles. The number of hydrogen-bond donors (Lipinski definition) is 1. The molecule has 0 amide bonds. The van der Waals surface area contributed by atoms with Crippen LogP contribution in [0.1, 0.15) is 44.0 Å². The molecule has 2 rings (SSSR count). The lowest BCUT2D eigenvalue weighted by atomic mass is 10.0. The maximum atomic E-state index is 6.44. The molecule has 3 unspecified atom stereocenters. The second-order valence-electron chi connectivity index (χ2n) is 6.05. The summed E-state index contributed by atoms with van der Waals surface area (Å²) in [6.45, 7) is 7.98. The van der Waals surface area contributed by atoms with Gasteiger partial charge in [-0.15, -0.1) is 11.3 Å². The highest BCUT2D eigenvalue weighted by Gasteiger charge is 2.30. The van der Waals surface area contributed by atoms with Gasteiger partial charge in [-0.25, -0.2) is 0 Å². The number of likely N-dealkylation sites (N-methyl/N-ethyl adjacent to an activating group) is 2. The smallest absolute Gasteiger partial charge is 0.0591 e. The van der Waals surface area contributed by atoms with Gasteiger partial charge in [-0.1, -0.05) is 13.8 Å². The Hall–Kier alpha value is 0.0600. The van der Waals surface area contributed by atoms with Gasteiger partial charge in [0.2, 0.25) is 0 Å². The van der Waals surface area contributed by atoms with Gasteiger partial charge >= 0.3 is 0 Å². The van der Waals surface area contributed by atoms with Crippen molar-refractivity contribution in [1.82, 2.24) is 9.80 Å². The Kier molecular flexibility index (Phi) is 6.69. The van der Waals surface area contributed by atoms with Crippen molar-refractivity contribution in [3.8, 4) is 0 Å². The fourth-order valence-corrected chi connectivity index (χ4v) is 5.11. The molecule has 1 aromatic rings. The average molecular weight is 374 g/mol. The van der Waals surface area contributed by atoms with Gasteiger partial charge in [-0.3, -0.25) is 9.80 Å². The first kappa shape index (κ1) is 17.4.